The summed E-state index contributed by atoms with van der Waals surface area (Å²) in [5, 5.41) is 20.0. The van der Waals surface area contributed by atoms with Gasteiger partial charge >= 0.3 is 5.97 Å². The zero-order valence-electron chi connectivity index (χ0n) is 12.3. The Morgan fingerprint density at radius 2 is 1.91 bits per heavy atom. The molecule has 0 heterocycles. The van der Waals surface area contributed by atoms with Gasteiger partial charge in [-0.05, 0) is 25.0 Å². The Balaban J connectivity index is 2.39. The largest absolute Gasteiger partial charge is 0.504 e. The van der Waals surface area contributed by atoms with Crippen molar-refractivity contribution in [3.63, 3.8) is 0 Å². The van der Waals surface area contributed by atoms with E-state index in [4.69, 9.17) is 16.3 Å². The first-order valence-electron chi connectivity index (χ1n) is 6.77. The maximum atomic E-state index is 11.6. The summed E-state index contributed by atoms with van der Waals surface area (Å²) < 4.78 is 5.05. The predicted octanol–water partition coefficient (Wildman–Crippen LogP) is 3.77. The number of halogens is 1. The molecule has 116 valence electrons. The molecule has 5 heteroatoms. The van der Waals surface area contributed by atoms with Gasteiger partial charge < -0.3 is 14.9 Å². The molecule has 0 aliphatic heterocycles. The van der Waals surface area contributed by atoms with Gasteiger partial charge in [0.15, 0.2) is 11.5 Å². The number of carboxylic acids is 1. The van der Waals surface area contributed by atoms with Crippen LogP contribution in [-0.2, 0) is 11.2 Å². The molecule has 0 radical (unpaired) electrons. The summed E-state index contributed by atoms with van der Waals surface area (Å²) in [6.07, 6.45) is 0.126. The molecule has 2 aromatic rings. The van der Waals surface area contributed by atoms with Crippen molar-refractivity contribution in [2.24, 2.45) is 0 Å². The van der Waals surface area contributed by atoms with Gasteiger partial charge in [0.25, 0.3) is 0 Å². The van der Waals surface area contributed by atoms with Crippen LogP contribution in [0.1, 0.15) is 22.6 Å². The lowest BCUT2D eigenvalue weighted by molar-refractivity contribution is -0.138. The molecule has 2 aromatic carbocycles. The number of methoxy groups -OCH3 is 1. The van der Waals surface area contributed by atoms with Crippen LogP contribution in [0.4, 0.5) is 0 Å². The average Bonchev–Trinajstić information content (AvgIpc) is 2.48. The number of phenols is 1. The Labute approximate surface area is 133 Å². The van der Waals surface area contributed by atoms with Crippen molar-refractivity contribution in [2.75, 3.05) is 7.11 Å². The fraction of sp³-hybridized carbons (Fsp3) is 0.235. The van der Waals surface area contributed by atoms with Crippen molar-refractivity contribution in [1.82, 2.24) is 0 Å². The van der Waals surface area contributed by atoms with E-state index in [1.54, 1.807) is 18.2 Å². The van der Waals surface area contributed by atoms with E-state index in [-0.39, 0.29) is 17.9 Å². The number of hydrogen-bond acceptors (Lipinski definition) is 3. The number of aliphatic carboxylic acids is 1. The number of benzene rings is 2. The molecule has 0 amide bonds. The number of aryl methyl sites for hydroxylation is 1. The van der Waals surface area contributed by atoms with Gasteiger partial charge in [-0.25, -0.2) is 0 Å². The predicted molar refractivity (Wildman–Crippen MR) is 84.9 cm³/mol. The number of rotatable bonds is 5. The SMILES string of the molecule is COc1cc(Cl)cc(CC(C(=O)O)c2ccc(C)cc2)c1O. The molecule has 4 nitrogen and oxygen atoms in total. The normalized spacial score (nSPS) is 12.0. The number of ether oxygens (including phenoxy) is 1. The van der Waals surface area contributed by atoms with E-state index >= 15 is 0 Å². The smallest absolute Gasteiger partial charge is 0.311 e. The Morgan fingerprint density at radius 3 is 2.45 bits per heavy atom. The fourth-order valence-electron chi connectivity index (χ4n) is 2.31. The highest BCUT2D eigenvalue weighted by Gasteiger charge is 2.23. The first-order chi connectivity index (χ1) is 10.4. The van der Waals surface area contributed by atoms with Crippen molar-refractivity contribution in [3.8, 4) is 11.5 Å². The Kier molecular flexibility index (Phi) is 4.93. The molecule has 2 N–H and O–H groups in total. The summed E-state index contributed by atoms with van der Waals surface area (Å²) in [5.41, 5.74) is 2.17. The van der Waals surface area contributed by atoms with E-state index in [0.717, 1.165) is 5.56 Å². The molecular formula is C17H17ClO4. The van der Waals surface area contributed by atoms with E-state index in [9.17, 15) is 15.0 Å². The van der Waals surface area contributed by atoms with Gasteiger partial charge in [-0.2, -0.15) is 0 Å². The molecular weight excluding hydrogens is 304 g/mol. The summed E-state index contributed by atoms with van der Waals surface area (Å²) in [6, 6.07) is 10.3. The number of phenolic OH excluding ortho intramolecular Hbond substituents is 1. The zero-order chi connectivity index (χ0) is 16.3. The minimum absolute atomic E-state index is 0.0785. The minimum atomic E-state index is -0.956. The first kappa shape index (κ1) is 16.2. The highest BCUT2D eigenvalue weighted by atomic mass is 35.5. The molecule has 0 spiro atoms. The minimum Gasteiger partial charge on any atom is -0.504 e. The number of hydrogen-bond donors (Lipinski definition) is 2. The van der Waals surface area contributed by atoms with Crippen LogP contribution in [0.5, 0.6) is 11.5 Å². The van der Waals surface area contributed by atoms with Crippen molar-refractivity contribution in [3.05, 3.63) is 58.1 Å². The number of carbonyl (C=O) groups is 1. The quantitative estimate of drug-likeness (QED) is 0.880. The monoisotopic (exact) mass is 320 g/mol. The van der Waals surface area contributed by atoms with Crippen LogP contribution in [0.25, 0.3) is 0 Å². The average molecular weight is 321 g/mol. The van der Waals surface area contributed by atoms with E-state index in [1.807, 2.05) is 19.1 Å². The number of aromatic hydroxyl groups is 1. The molecule has 1 atom stereocenters. The van der Waals surface area contributed by atoms with Crippen LogP contribution in [0.3, 0.4) is 0 Å². The van der Waals surface area contributed by atoms with Crippen LogP contribution in [0.15, 0.2) is 36.4 Å². The van der Waals surface area contributed by atoms with E-state index in [1.165, 1.54) is 13.2 Å². The first-order valence-corrected chi connectivity index (χ1v) is 7.15. The third-order valence-electron chi connectivity index (χ3n) is 3.54. The highest BCUT2D eigenvalue weighted by Crippen LogP contribution is 2.36. The van der Waals surface area contributed by atoms with Crippen LogP contribution in [0, 0.1) is 6.92 Å². The summed E-state index contributed by atoms with van der Waals surface area (Å²) >= 11 is 5.99. The van der Waals surface area contributed by atoms with Crippen LogP contribution >= 0.6 is 11.6 Å². The van der Waals surface area contributed by atoms with Crippen LogP contribution in [-0.4, -0.2) is 23.3 Å². The maximum Gasteiger partial charge on any atom is 0.311 e. The zero-order valence-corrected chi connectivity index (χ0v) is 13.1. The lowest BCUT2D eigenvalue weighted by Crippen LogP contribution is -2.14. The van der Waals surface area contributed by atoms with Crippen molar-refractivity contribution < 1.29 is 19.7 Å². The molecule has 2 rings (SSSR count). The summed E-state index contributed by atoms with van der Waals surface area (Å²) in [6.45, 7) is 1.94. The van der Waals surface area contributed by atoms with Gasteiger partial charge in [0, 0.05) is 16.7 Å². The van der Waals surface area contributed by atoms with Gasteiger partial charge in [-0.15, -0.1) is 0 Å². The summed E-state index contributed by atoms with van der Waals surface area (Å²) in [5.74, 6) is -1.57. The van der Waals surface area contributed by atoms with Gasteiger partial charge in [-0.3, -0.25) is 4.79 Å². The molecule has 22 heavy (non-hydrogen) atoms. The van der Waals surface area contributed by atoms with Gasteiger partial charge in [0.1, 0.15) is 0 Å². The molecule has 0 fully saturated rings. The standard InChI is InChI=1S/C17H17ClO4/c1-10-3-5-11(6-4-10)14(17(20)21)8-12-7-13(18)9-15(22-2)16(12)19/h3-7,9,14,19H,8H2,1-2H3,(H,20,21). The second-order valence-corrected chi connectivity index (χ2v) is 5.56. The third-order valence-corrected chi connectivity index (χ3v) is 3.76. The Bertz CT molecular complexity index is 680. The summed E-state index contributed by atoms with van der Waals surface area (Å²) in [7, 11) is 1.42. The molecule has 0 aromatic heterocycles. The lowest BCUT2D eigenvalue weighted by Gasteiger charge is -2.16. The molecule has 0 saturated heterocycles. The summed E-state index contributed by atoms with van der Waals surface area (Å²) in [4.78, 5) is 11.6. The molecule has 0 saturated carbocycles. The van der Waals surface area contributed by atoms with E-state index in [2.05, 4.69) is 0 Å². The highest BCUT2D eigenvalue weighted by molar-refractivity contribution is 6.30. The van der Waals surface area contributed by atoms with Crippen LogP contribution < -0.4 is 4.74 Å². The molecule has 1 unspecified atom stereocenters. The molecule has 0 bridgehead atoms. The maximum absolute atomic E-state index is 11.6. The van der Waals surface area contributed by atoms with E-state index in [0.29, 0.717) is 16.1 Å². The van der Waals surface area contributed by atoms with E-state index < -0.39 is 11.9 Å². The number of carboxylic acid groups (broad SMARTS) is 1. The topological polar surface area (TPSA) is 66.8 Å². The lowest BCUT2D eigenvalue weighted by atomic mass is 9.91. The second-order valence-electron chi connectivity index (χ2n) is 5.12. The second kappa shape index (κ2) is 6.71. The van der Waals surface area contributed by atoms with Crippen molar-refractivity contribution >= 4 is 17.6 Å². The third kappa shape index (κ3) is 3.52. The van der Waals surface area contributed by atoms with Crippen molar-refractivity contribution in [2.45, 2.75) is 19.3 Å². The molecule has 0 aliphatic carbocycles. The fourth-order valence-corrected chi connectivity index (χ4v) is 2.54. The van der Waals surface area contributed by atoms with Gasteiger partial charge in [-0.1, -0.05) is 41.4 Å². The van der Waals surface area contributed by atoms with Crippen LogP contribution in [0.2, 0.25) is 5.02 Å². The van der Waals surface area contributed by atoms with Gasteiger partial charge in [0.2, 0.25) is 0 Å². The Hall–Kier alpha value is -2.20. The van der Waals surface area contributed by atoms with Gasteiger partial charge in [0.05, 0.1) is 13.0 Å². The Morgan fingerprint density at radius 1 is 1.27 bits per heavy atom. The molecule has 0 aliphatic rings. The van der Waals surface area contributed by atoms with Crippen molar-refractivity contribution in [1.29, 1.82) is 0 Å².